The molecule has 4 heteroatoms. The molecule has 0 saturated carbocycles. The van der Waals surface area contributed by atoms with Crippen molar-refractivity contribution >= 4 is 28.3 Å². The number of benzene rings is 1. The maximum Gasteiger partial charge on any atom is 0.227 e. The van der Waals surface area contributed by atoms with Crippen LogP contribution in [-0.2, 0) is 6.42 Å². The van der Waals surface area contributed by atoms with Gasteiger partial charge in [-0.15, -0.1) is 0 Å². The first-order chi connectivity index (χ1) is 11.1. The van der Waals surface area contributed by atoms with Crippen molar-refractivity contribution < 1.29 is 8.83 Å². The molecule has 0 spiro atoms. The summed E-state index contributed by atoms with van der Waals surface area (Å²) in [5.41, 5.74) is 3.64. The topological polar surface area (TPSA) is 52.1 Å². The first kappa shape index (κ1) is 13.8. The van der Waals surface area contributed by atoms with Gasteiger partial charge >= 0.3 is 0 Å². The molecule has 4 nitrogen and oxygen atoms in total. The standard InChI is InChI=1S/C19H16N2O2/c1-11-8-9-17-15(10-11)21-19(23-17)13(3)12(2)18-20-14-6-4-5-7-16(14)22-18/h4-9,11H,2-3,10H2,1H3. The fourth-order valence-corrected chi connectivity index (χ4v) is 2.65. The molecule has 2 heterocycles. The van der Waals surface area contributed by atoms with E-state index in [1.165, 1.54) is 0 Å². The van der Waals surface area contributed by atoms with Crippen LogP contribution < -0.4 is 0 Å². The Hall–Kier alpha value is -2.88. The molecule has 0 saturated heterocycles. The monoisotopic (exact) mass is 304 g/mol. The fourth-order valence-electron chi connectivity index (χ4n) is 2.65. The first-order valence-electron chi connectivity index (χ1n) is 7.54. The summed E-state index contributed by atoms with van der Waals surface area (Å²) < 4.78 is 11.5. The number of aromatic nitrogens is 2. The van der Waals surface area contributed by atoms with Crippen molar-refractivity contribution in [1.82, 2.24) is 9.97 Å². The molecule has 114 valence electrons. The minimum Gasteiger partial charge on any atom is -0.436 e. The molecule has 1 aromatic carbocycles. The molecule has 2 aromatic heterocycles. The molecule has 1 aliphatic rings. The van der Waals surface area contributed by atoms with Gasteiger partial charge in [-0.1, -0.05) is 38.3 Å². The average molecular weight is 304 g/mol. The van der Waals surface area contributed by atoms with E-state index >= 15 is 0 Å². The van der Waals surface area contributed by atoms with Gasteiger partial charge in [0.05, 0.1) is 5.69 Å². The molecule has 0 radical (unpaired) electrons. The summed E-state index contributed by atoms with van der Waals surface area (Å²) in [5, 5.41) is 0. The smallest absolute Gasteiger partial charge is 0.227 e. The van der Waals surface area contributed by atoms with Gasteiger partial charge in [-0.2, -0.15) is 0 Å². The van der Waals surface area contributed by atoms with Crippen LogP contribution in [0.25, 0.3) is 28.3 Å². The number of rotatable bonds is 3. The lowest BCUT2D eigenvalue weighted by Crippen LogP contribution is -2.01. The molecule has 0 N–H and O–H groups in total. The zero-order valence-corrected chi connectivity index (χ0v) is 12.9. The minimum atomic E-state index is 0.441. The van der Waals surface area contributed by atoms with Crippen molar-refractivity contribution in [1.29, 1.82) is 0 Å². The van der Waals surface area contributed by atoms with Crippen LogP contribution in [0.1, 0.15) is 30.2 Å². The van der Waals surface area contributed by atoms with Crippen LogP contribution in [0.3, 0.4) is 0 Å². The van der Waals surface area contributed by atoms with E-state index in [9.17, 15) is 0 Å². The zero-order chi connectivity index (χ0) is 16.0. The quantitative estimate of drug-likeness (QED) is 0.655. The first-order valence-corrected chi connectivity index (χ1v) is 7.54. The highest BCUT2D eigenvalue weighted by Gasteiger charge is 2.21. The van der Waals surface area contributed by atoms with Gasteiger partial charge in [-0.25, -0.2) is 9.97 Å². The lowest BCUT2D eigenvalue weighted by Gasteiger charge is -2.07. The Kier molecular flexibility index (Phi) is 3.05. The van der Waals surface area contributed by atoms with E-state index in [2.05, 4.69) is 36.1 Å². The number of hydrogen-bond donors (Lipinski definition) is 0. The molecule has 1 aliphatic carbocycles. The third-order valence-electron chi connectivity index (χ3n) is 3.99. The molecule has 0 aliphatic heterocycles. The zero-order valence-electron chi connectivity index (χ0n) is 12.9. The van der Waals surface area contributed by atoms with E-state index < -0.39 is 0 Å². The highest BCUT2D eigenvalue weighted by Crippen LogP contribution is 2.32. The summed E-state index contributed by atoms with van der Waals surface area (Å²) in [6.07, 6.45) is 4.96. The lowest BCUT2D eigenvalue weighted by atomic mass is 9.99. The van der Waals surface area contributed by atoms with Crippen LogP contribution in [0.15, 0.2) is 52.3 Å². The Morgan fingerprint density at radius 3 is 2.61 bits per heavy atom. The highest BCUT2D eigenvalue weighted by atomic mass is 16.4. The van der Waals surface area contributed by atoms with E-state index in [1.807, 2.05) is 30.3 Å². The van der Waals surface area contributed by atoms with Crippen molar-refractivity contribution in [2.75, 3.05) is 0 Å². The van der Waals surface area contributed by atoms with E-state index in [0.717, 1.165) is 29.0 Å². The van der Waals surface area contributed by atoms with Crippen LogP contribution in [-0.4, -0.2) is 9.97 Å². The largest absolute Gasteiger partial charge is 0.436 e. The molecule has 1 atom stereocenters. The van der Waals surface area contributed by atoms with Gasteiger partial charge in [-0.05, 0) is 30.5 Å². The highest BCUT2D eigenvalue weighted by molar-refractivity contribution is 5.99. The van der Waals surface area contributed by atoms with Gasteiger partial charge in [-0.3, -0.25) is 0 Å². The Labute approximate surface area is 133 Å². The Morgan fingerprint density at radius 1 is 1.09 bits per heavy atom. The third-order valence-corrected chi connectivity index (χ3v) is 3.99. The van der Waals surface area contributed by atoms with Gasteiger partial charge in [0.2, 0.25) is 11.8 Å². The van der Waals surface area contributed by atoms with Gasteiger partial charge < -0.3 is 8.83 Å². The Balaban J connectivity index is 1.66. The van der Waals surface area contributed by atoms with Gasteiger partial charge in [0.25, 0.3) is 0 Å². The Bertz CT molecular complexity index is 926. The number of para-hydroxylation sites is 2. The normalized spacial score (nSPS) is 16.5. The molecule has 4 rings (SSSR count). The summed E-state index contributed by atoms with van der Waals surface area (Å²) in [5.74, 6) is 2.18. The minimum absolute atomic E-state index is 0.441. The van der Waals surface area contributed by atoms with Crippen molar-refractivity contribution in [3.8, 4) is 0 Å². The summed E-state index contributed by atoms with van der Waals surface area (Å²) in [7, 11) is 0. The molecular weight excluding hydrogens is 288 g/mol. The summed E-state index contributed by atoms with van der Waals surface area (Å²) >= 11 is 0. The second kappa shape index (κ2) is 5.09. The molecule has 3 aromatic rings. The lowest BCUT2D eigenvalue weighted by molar-refractivity contribution is 0.527. The summed E-state index contributed by atoms with van der Waals surface area (Å²) in [6, 6.07) is 7.60. The van der Waals surface area contributed by atoms with E-state index in [1.54, 1.807) is 0 Å². The second-order valence-electron chi connectivity index (χ2n) is 5.81. The van der Waals surface area contributed by atoms with E-state index in [-0.39, 0.29) is 0 Å². The fraction of sp³-hybridized carbons (Fsp3) is 0.158. The van der Waals surface area contributed by atoms with Crippen LogP contribution in [0.2, 0.25) is 0 Å². The van der Waals surface area contributed by atoms with Crippen molar-refractivity contribution in [3.05, 3.63) is 66.7 Å². The number of fused-ring (bicyclic) bond motifs is 2. The molecule has 0 amide bonds. The molecule has 23 heavy (non-hydrogen) atoms. The summed E-state index contributed by atoms with van der Waals surface area (Å²) in [4.78, 5) is 9.00. The number of nitrogens with zero attached hydrogens (tertiary/aromatic N) is 2. The van der Waals surface area contributed by atoms with Crippen LogP contribution >= 0.6 is 0 Å². The molecular formula is C19H16N2O2. The predicted molar refractivity (Wildman–Crippen MR) is 90.5 cm³/mol. The van der Waals surface area contributed by atoms with Crippen molar-refractivity contribution in [2.24, 2.45) is 5.92 Å². The third kappa shape index (κ3) is 2.32. The number of hydrogen-bond acceptors (Lipinski definition) is 4. The van der Waals surface area contributed by atoms with Crippen molar-refractivity contribution in [3.63, 3.8) is 0 Å². The van der Waals surface area contributed by atoms with E-state index in [4.69, 9.17) is 8.83 Å². The summed E-state index contributed by atoms with van der Waals surface area (Å²) in [6.45, 7) is 10.3. The average Bonchev–Trinajstić information content (AvgIpc) is 3.16. The van der Waals surface area contributed by atoms with Crippen LogP contribution in [0.4, 0.5) is 0 Å². The maximum atomic E-state index is 5.81. The van der Waals surface area contributed by atoms with Gasteiger partial charge in [0.1, 0.15) is 5.52 Å². The Morgan fingerprint density at radius 2 is 1.83 bits per heavy atom. The van der Waals surface area contributed by atoms with Crippen LogP contribution in [0, 0.1) is 5.92 Å². The van der Waals surface area contributed by atoms with Crippen LogP contribution in [0.5, 0.6) is 0 Å². The van der Waals surface area contributed by atoms with E-state index in [0.29, 0.717) is 28.8 Å². The molecule has 0 bridgehead atoms. The predicted octanol–water partition coefficient (Wildman–Crippen LogP) is 4.75. The number of oxazole rings is 2. The second-order valence-corrected chi connectivity index (χ2v) is 5.81. The van der Waals surface area contributed by atoms with Gasteiger partial charge in [0, 0.05) is 11.1 Å². The molecule has 0 fully saturated rings. The number of allylic oxidation sites excluding steroid dienone is 3. The van der Waals surface area contributed by atoms with Gasteiger partial charge in [0.15, 0.2) is 11.3 Å². The molecule has 1 unspecified atom stereocenters. The maximum absolute atomic E-state index is 5.81. The van der Waals surface area contributed by atoms with Crippen molar-refractivity contribution in [2.45, 2.75) is 13.3 Å². The SMILES string of the molecule is C=C(C(=C)c1nc2ccccc2o1)c1nc2c(o1)C=CC(C)C2.